The van der Waals surface area contributed by atoms with Crippen molar-refractivity contribution in [1.82, 2.24) is 0 Å². The van der Waals surface area contributed by atoms with Gasteiger partial charge in [-0.15, -0.1) is 11.3 Å². The van der Waals surface area contributed by atoms with E-state index in [4.69, 9.17) is 20.8 Å². The summed E-state index contributed by atoms with van der Waals surface area (Å²) in [5.74, 6) is -2.36. The van der Waals surface area contributed by atoms with Crippen molar-refractivity contribution in [3.8, 4) is 5.75 Å². The minimum absolute atomic E-state index is 0.0863. The Labute approximate surface area is 217 Å². The van der Waals surface area contributed by atoms with Gasteiger partial charge < -0.3 is 14.3 Å². The van der Waals surface area contributed by atoms with E-state index in [0.717, 1.165) is 34.7 Å². The Hall–Kier alpha value is -3.76. The predicted molar refractivity (Wildman–Crippen MR) is 132 cm³/mol. The smallest absolute Gasteiger partial charge is 0.416 e. The van der Waals surface area contributed by atoms with Gasteiger partial charge in [-0.3, -0.25) is 14.5 Å². The number of carbonyl (C=O) groups is 2. The third-order valence-corrected chi connectivity index (χ3v) is 7.36. The van der Waals surface area contributed by atoms with E-state index < -0.39 is 35.2 Å². The SMILES string of the molecule is COc1cc(Cl)cc2cc(C(=O)C3=C(O)C(=O)N(c4ccc(C(F)(F)F)cc4)C3c3sccc3C)oc12. The summed E-state index contributed by atoms with van der Waals surface area (Å²) in [6.07, 6.45) is -4.57. The molecule has 190 valence electrons. The molecule has 0 bridgehead atoms. The van der Waals surface area contributed by atoms with Crippen molar-refractivity contribution in [1.29, 1.82) is 0 Å². The number of nitrogens with zero attached hydrogens (tertiary/aromatic N) is 1. The zero-order chi connectivity index (χ0) is 26.6. The molecule has 1 N–H and O–H groups in total. The van der Waals surface area contributed by atoms with Gasteiger partial charge in [-0.05, 0) is 60.3 Å². The third kappa shape index (κ3) is 4.15. The highest BCUT2D eigenvalue weighted by Gasteiger charge is 2.46. The maximum absolute atomic E-state index is 13.7. The fraction of sp³-hybridized carbons (Fsp3) is 0.154. The number of alkyl halides is 3. The molecule has 1 atom stereocenters. The lowest BCUT2D eigenvalue weighted by atomic mass is 9.98. The zero-order valence-electron chi connectivity index (χ0n) is 19.2. The van der Waals surface area contributed by atoms with Gasteiger partial charge in [0.05, 0.1) is 18.2 Å². The number of methoxy groups -OCH3 is 1. The fourth-order valence-corrected chi connectivity index (χ4v) is 5.55. The number of anilines is 1. The minimum atomic E-state index is -4.57. The van der Waals surface area contributed by atoms with Crippen molar-refractivity contribution < 1.29 is 37.0 Å². The van der Waals surface area contributed by atoms with Crippen LogP contribution in [-0.4, -0.2) is 23.9 Å². The Morgan fingerprint density at radius 2 is 1.86 bits per heavy atom. The standard InChI is InChI=1S/C26H17ClF3NO5S/c1-12-7-8-37-24(12)20-19(21(32)17-10-13-9-15(27)11-18(35-2)23(13)36-17)22(33)25(34)31(20)16-5-3-14(4-6-16)26(28,29)30/h3-11,20,33H,1-2H3. The van der Waals surface area contributed by atoms with Crippen molar-refractivity contribution in [3.05, 3.63) is 92.0 Å². The lowest BCUT2D eigenvalue weighted by molar-refractivity contribution is -0.137. The molecular formula is C26H17ClF3NO5S. The molecule has 0 radical (unpaired) electrons. The van der Waals surface area contributed by atoms with E-state index in [1.54, 1.807) is 24.4 Å². The summed E-state index contributed by atoms with van der Waals surface area (Å²) in [6.45, 7) is 1.77. The summed E-state index contributed by atoms with van der Waals surface area (Å²) < 4.78 is 50.4. The van der Waals surface area contributed by atoms with Gasteiger partial charge in [0.25, 0.3) is 5.91 Å². The van der Waals surface area contributed by atoms with Crippen LogP contribution in [0.25, 0.3) is 11.0 Å². The molecule has 2 aromatic heterocycles. The molecule has 1 unspecified atom stereocenters. The second-order valence-corrected chi connectivity index (χ2v) is 9.70. The molecule has 6 nitrogen and oxygen atoms in total. The van der Waals surface area contributed by atoms with Crippen LogP contribution in [0.2, 0.25) is 5.02 Å². The summed E-state index contributed by atoms with van der Waals surface area (Å²) in [4.78, 5) is 28.7. The second kappa shape index (κ2) is 8.97. The average Bonchev–Trinajstić information content (AvgIpc) is 3.54. The van der Waals surface area contributed by atoms with E-state index in [2.05, 4.69) is 0 Å². The number of furan rings is 1. The maximum atomic E-state index is 13.7. The van der Waals surface area contributed by atoms with Crippen LogP contribution in [0.4, 0.5) is 18.9 Å². The Morgan fingerprint density at radius 1 is 1.16 bits per heavy atom. The van der Waals surface area contributed by atoms with Crippen LogP contribution < -0.4 is 9.64 Å². The minimum Gasteiger partial charge on any atom is -0.503 e. The number of thiophene rings is 1. The second-order valence-electron chi connectivity index (χ2n) is 8.32. The van der Waals surface area contributed by atoms with Gasteiger partial charge in [0.15, 0.2) is 22.9 Å². The third-order valence-electron chi connectivity index (χ3n) is 6.07. The monoisotopic (exact) mass is 547 g/mol. The quantitative estimate of drug-likeness (QED) is 0.266. The number of halogens is 4. The molecule has 2 aromatic carbocycles. The van der Waals surface area contributed by atoms with Crippen LogP contribution in [0.3, 0.4) is 0 Å². The summed E-state index contributed by atoms with van der Waals surface area (Å²) >= 11 is 7.37. The summed E-state index contributed by atoms with van der Waals surface area (Å²) in [7, 11) is 1.41. The van der Waals surface area contributed by atoms with Crippen molar-refractivity contribution in [3.63, 3.8) is 0 Å². The first kappa shape index (κ1) is 24.9. The van der Waals surface area contributed by atoms with E-state index in [-0.39, 0.29) is 22.6 Å². The number of carbonyl (C=O) groups excluding carboxylic acids is 2. The van der Waals surface area contributed by atoms with Crippen molar-refractivity contribution in [2.24, 2.45) is 0 Å². The highest BCUT2D eigenvalue weighted by Crippen LogP contribution is 2.45. The number of aliphatic hydroxyl groups is 1. The summed E-state index contributed by atoms with van der Waals surface area (Å²) in [6, 6.07) is 9.15. The van der Waals surface area contributed by atoms with Crippen LogP contribution in [0.5, 0.6) is 5.75 Å². The number of hydrogen-bond acceptors (Lipinski definition) is 6. The number of hydrogen-bond donors (Lipinski definition) is 1. The molecule has 1 aliphatic rings. The van der Waals surface area contributed by atoms with Crippen LogP contribution >= 0.6 is 22.9 Å². The molecule has 11 heteroatoms. The molecule has 1 aliphatic heterocycles. The van der Waals surface area contributed by atoms with Crippen LogP contribution in [0.1, 0.15) is 32.6 Å². The van der Waals surface area contributed by atoms with Gasteiger partial charge >= 0.3 is 6.18 Å². The zero-order valence-corrected chi connectivity index (χ0v) is 20.8. The molecule has 3 heterocycles. The van der Waals surface area contributed by atoms with E-state index in [1.165, 1.54) is 30.6 Å². The number of aliphatic hydroxyl groups excluding tert-OH is 1. The highest BCUT2D eigenvalue weighted by molar-refractivity contribution is 7.10. The van der Waals surface area contributed by atoms with Gasteiger partial charge in [0, 0.05) is 27.0 Å². The highest BCUT2D eigenvalue weighted by atomic mass is 35.5. The van der Waals surface area contributed by atoms with Crippen molar-refractivity contribution in [2.75, 3.05) is 12.0 Å². The Morgan fingerprint density at radius 3 is 2.46 bits per heavy atom. The number of ether oxygens (including phenoxy) is 1. The molecule has 0 spiro atoms. The lowest BCUT2D eigenvalue weighted by Gasteiger charge is -2.26. The number of benzene rings is 2. The maximum Gasteiger partial charge on any atom is 0.416 e. The normalized spacial score (nSPS) is 16.2. The van der Waals surface area contributed by atoms with Gasteiger partial charge in [-0.2, -0.15) is 13.2 Å². The largest absolute Gasteiger partial charge is 0.503 e. The van der Waals surface area contributed by atoms with E-state index in [9.17, 15) is 27.9 Å². The summed E-state index contributed by atoms with van der Waals surface area (Å²) in [5, 5.41) is 13.5. The van der Waals surface area contributed by atoms with Crippen LogP contribution in [0, 0.1) is 6.92 Å². The summed E-state index contributed by atoms with van der Waals surface area (Å²) in [5.41, 5.74) is -0.0706. The number of amides is 1. The topological polar surface area (TPSA) is 80.0 Å². The van der Waals surface area contributed by atoms with Gasteiger partial charge in [0.1, 0.15) is 6.04 Å². The van der Waals surface area contributed by atoms with Crippen LogP contribution in [0.15, 0.2) is 69.7 Å². The van der Waals surface area contributed by atoms with E-state index in [1.807, 2.05) is 0 Å². The van der Waals surface area contributed by atoms with Gasteiger partial charge in [0.2, 0.25) is 5.78 Å². The van der Waals surface area contributed by atoms with E-state index in [0.29, 0.717) is 21.0 Å². The first-order chi connectivity index (χ1) is 17.5. The molecule has 5 rings (SSSR count). The predicted octanol–water partition coefficient (Wildman–Crippen LogP) is 7.27. The Bertz CT molecular complexity index is 1590. The first-order valence-electron chi connectivity index (χ1n) is 10.8. The number of aryl methyl sites for hydroxylation is 1. The number of Topliss-reactive ketones (excluding diaryl/α,β-unsaturated/α-hetero) is 1. The van der Waals surface area contributed by atoms with Crippen LogP contribution in [-0.2, 0) is 11.0 Å². The Balaban J connectivity index is 1.63. The first-order valence-corrected chi connectivity index (χ1v) is 12.1. The van der Waals surface area contributed by atoms with Gasteiger partial charge in [-0.1, -0.05) is 11.6 Å². The molecule has 0 aliphatic carbocycles. The lowest BCUT2D eigenvalue weighted by Crippen LogP contribution is -2.31. The number of fused-ring (bicyclic) bond motifs is 1. The molecule has 4 aromatic rings. The fourth-order valence-electron chi connectivity index (χ4n) is 4.31. The molecule has 0 fully saturated rings. The average molecular weight is 548 g/mol. The molecular weight excluding hydrogens is 531 g/mol. The molecule has 1 amide bonds. The van der Waals surface area contributed by atoms with Crippen molar-refractivity contribution in [2.45, 2.75) is 19.1 Å². The molecule has 37 heavy (non-hydrogen) atoms. The van der Waals surface area contributed by atoms with E-state index >= 15 is 0 Å². The Kier molecular flexibility index (Phi) is 6.04. The number of rotatable bonds is 5. The molecule has 0 saturated heterocycles. The number of ketones is 1. The van der Waals surface area contributed by atoms with Gasteiger partial charge in [-0.25, -0.2) is 0 Å². The molecule has 0 saturated carbocycles. The van der Waals surface area contributed by atoms with Crippen molar-refractivity contribution >= 4 is 51.3 Å².